The Morgan fingerprint density at radius 3 is 2.45 bits per heavy atom. The highest BCUT2D eigenvalue weighted by atomic mass is 16.4. The Kier molecular flexibility index (Phi) is 5.40. The molecule has 0 aromatic carbocycles. The highest BCUT2D eigenvalue weighted by Gasteiger charge is 2.26. The molecule has 0 aromatic heterocycles. The van der Waals surface area contributed by atoms with Crippen molar-refractivity contribution >= 4 is 11.9 Å². The largest absolute Gasteiger partial charge is 0.481 e. The summed E-state index contributed by atoms with van der Waals surface area (Å²) in [6.07, 6.45) is 4.41. The van der Waals surface area contributed by atoms with E-state index in [9.17, 15) is 9.59 Å². The van der Waals surface area contributed by atoms with Crippen molar-refractivity contribution in [3.63, 3.8) is 0 Å². The van der Waals surface area contributed by atoms with Crippen molar-refractivity contribution in [1.29, 1.82) is 0 Å². The van der Waals surface area contributed by atoms with Gasteiger partial charge in [-0.15, -0.1) is 0 Å². The summed E-state index contributed by atoms with van der Waals surface area (Å²) in [5, 5.41) is 8.80. The van der Waals surface area contributed by atoms with Gasteiger partial charge < -0.3 is 10.0 Å². The predicted molar refractivity (Wildman–Crippen MR) is 76.4 cm³/mol. The zero-order valence-electron chi connectivity index (χ0n) is 12.4. The molecule has 0 spiro atoms. The Balaban J connectivity index is 1.72. The lowest BCUT2D eigenvalue weighted by molar-refractivity contribution is -0.139. The summed E-state index contributed by atoms with van der Waals surface area (Å²) in [7, 11) is 0. The van der Waals surface area contributed by atoms with Crippen molar-refractivity contribution in [3.8, 4) is 0 Å². The molecule has 114 valence electrons. The number of amides is 1. The number of piperidine rings is 2. The van der Waals surface area contributed by atoms with Gasteiger partial charge in [0.05, 0.1) is 6.54 Å². The van der Waals surface area contributed by atoms with Crippen molar-refractivity contribution < 1.29 is 14.7 Å². The van der Waals surface area contributed by atoms with Crippen molar-refractivity contribution in [3.05, 3.63) is 0 Å². The van der Waals surface area contributed by atoms with Crippen LogP contribution in [0.5, 0.6) is 0 Å². The molecule has 1 atom stereocenters. The van der Waals surface area contributed by atoms with E-state index >= 15 is 0 Å². The van der Waals surface area contributed by atoms with E-state index < -0.39 is 5.97 Å². The molecule has 2 fully saturated rings. The van der Waals surface area contributed by atoms with Gasteiger partial charge in [0.15, 0.2) is 0 Å². The molecule has 0 saturated carbocycles. The molecule has 2 aliphatic heterocycles. The van der Waals surface area contributed by atoms with Gasteiger partial charge in [-0.2, -0.15) is 0 Å². The van der Waals surface area contributed by atoms with Crippen LogP contribution in [0.2, 0.25) is 0 Å². The second-order valence-electron chi connectivity index (χ2n) is 6.40. The zero-order chi connectivity index (χ0) is 14.5. The molecule has 1 unspecified atom stereocenters. The third-order valence-corrected chi connectivity index (χ3v) is 4.54. The first-order chi connectivity index (χ1) is 9.54. The smallest absolute Gasteiger partial charge is 0.303 e. The number of carboxylic acid groups (broad SMARTS) is 1. The fourth-order valence-electron chi connectivity index (χ4n) is 3.30. The van der Waals surface area contributed by atoms with Crippen LogP contribution >= 0.6 is 0 Å². The Bertz CT molecular complexity index is 351. The first-order valence-electron chi connectivity index (χ1n) is 7.76. The van der Waals surface area contributed by atoms with Crippen LogP contribution < -0.4 is 0 Å². The van der Waals surface area contributed by atoms with Crippen LogP contribution in [0.25, 0.3) is 0 Å². The average molecular weight is 282 g/mol. The number of likely N-dealkylation sites (tertiary alicyclic amines) is 2. The molecule has 2 rings (SSSR count). The number of carbonyl (C=O) groups is 2. The fraction of sp³-hybridized carbons (Fsp3) is 0.867. The van der Waals surface area contributed by atoms with Crippen LogP contribution in [0, 0.1) is 11.8 Å². The summed E-state index contributed by atoms with van der Waals surface area (Å²) >= 11 is 0. The van der Waals surface area contributed by atoms with Crippen molar-refractivity contribution in [2.45, 2.75) is 39.0 Å². The molecule has 2 heterocycles. The van der Waals surface area contributed by atoms with Crippen LogP contribution in [-0.2, 0) is 9.59 Å². The quantitative estimate of drug-likeness (QED) is 0.847. The molecule has 0 aromatic rings. The van der Waals surface area contributed by atoms with Gasteiger partial charge >= 0.3 is 5.97 Å². The minimum Gasteiger partial charge on any atom is -0.481 e. The van der Waals surface area contributed by atoms with E-state index in [4.69, 9.17) is 5.11 Å². The van der Waals surface area contributed by atoms with Crippen LogP contribution in [0.15, 0.2) is 0 Å². The van der Waals surface area contributed by atoms with E-state index in [1.54, 1.807) is 0 Å². The molecule has 2 saturated heterocycles. The summed E-state index contributed by atoms with van der Waals surface area (Å²) in [5.74, 6) is 0.443. The topological polar surface area (TPSA) is 60.9 Å². The average Bonchev–Trinajstić information content (AvgIpc) is 2.40. The Hall–Kier alpha value is -1.10. The molecule has 5 nitrogen and oxygen atoms in total. The minimum absolute atomic E-state index is 0.244. The molecule has 5 heteroatoms. The van der Waals surface area contributed by atoms with Crippen molar-refractivity contribution in [2.24, 2.45) is 11.8 Å². The van der Waals surface area contributed by atoms with E-state index in [-0.39, 0.29) is 18.2 Å². The van der Waals surface area contributed by atoms with E-state index in [0.29, 0.717) is 12.5 Å². The van der Waals surface area contributed by atoms with E-state index in [1.165, 1.54) is 6.42 Å². The zero-order valence-corrected chi connectivity index (χ0v) is 12.4. The van der Waals surface area contributed by atoms with Gasteiger partial charge in [0.2, 0.25) is 5.91 Å². The third kappa shape index (κ3) is 4.47. The number of rotatable bonds is 4. The molecule has 0 radical (unpaired) electrons. The highest BCUT2D eigenvalue weighted by Crippen LogP contribution is 2.21. The maximum Gasteiger partial charge on any atom is 0.303 e. The van der Waals surface area contributed by atoms with Crippen LogP contribution in [-0.4, -0.2) is 59.5 Å². The lowest BCUT2D eigenvalue weighted by Gasteiger charge is -2.35. The van der Waals surface area contributed by atoms with E-state index in [2.05, 4.69) is 11.8 Å². The first-order valence-corrected chi connectivity index (χ1v) is 7.76. The van der Waals surface area contributed by atoms with Crippen LogP contribution in [0.1, 0.15) is 39.0 Å². The summed E-state index contributed by atoms with van der Waals surface area (Å²) < 4.78 is 0. The number of nitrogens with zero attached hydrogens (tertiary/aromatic N) is 2. The molecule has 2 aliphatic rings. The summed E-state index contributed by atoms with van der Waals surface area (Å²) in [6, 6.07) is 0. The summed E-state index contributed by atoms with van der Waals surface area (Å²) in [6.45, 7) is 6.22. The molecule has 1 N–H and O–H groups in total. The van der Waals surface area contributed by atoms with Gasteiger partial charge in [-0.25, -0.2) is 0 Å². The maximum atomic E-state index is 12.3. The normalized spacial score (nSPS) is 25.6. The van der Waals surface area contributed by atoms with Crippen LogP contribution in [0.4, 0.5) is 0 Å². The highest BCUT2D eigenvalue weighted by molar-refractivity contribution is 5.78. The molecule has 0 bridgehead atoms. The standard InChI is InChI=1S/C15H26N2O3/c1-12-3-2-6-17(10-12)14(18)11-16-7-4-13(5-8-16)9-15(19)20/h12-13H,2-11H2,1H3,(H,19,20). The third-order valence-electron chi connectivity index (χ3n) is 4.54. The number of hydrogen-bond donors (Lipinski definition) is 1. The molecule has 0 aliphatic carbocycles. The number of carboxylic acids is 1. The Morgan fingerprint density at radius 1 is 1.15 bits per heavy atom. The monoisotopic (exact) mass is 282 g/mol. The van der Waals surface area contributed by atoms with Gasteiger partial charge in [0, 0.05) is 19.5 Å². The second kappa shape index (κ2) is 7.07. The molecule has 20 heavy (non-hydrogen) atoms. The lowest BCUT2D eigenvalue weighted by atomic mass is 9.93. The fourth-order valence-corrected chi connectivity index (χ4v) is 3.30. The first kappa shape index (κ1) is 15.3. The van der Waals surface area contributed by atoms with Gasteiger partial charge in [-0.3, -0.25) is 14.5 Å². The molecular formula is C15H26N2O3. The SMILES string of the molecule is CC1CCCN(C(=O)CN2CCC(CC(=O)O)CC2)C1. The second-order valence-corrected chi connectivity index (χ2v) is 6.40. The minimum atomic E-state index is -0.707. The molecule has 1 amide bonds. The predicted octanol–water partition coefficient (Wildman–Crippen LogP) is 1.43. The van der Waals surface area contributed by atoms with Crippen molar-refractivity contribution in [1.82, 2.24) is 9.80 Å². The molecular weight excluding hydrogens is 256 g/mol. The Labute approximate surface area is 120 Å². The summed E-state index contributed by atoms with van der Waals surface area (Å²) in [5.41, 5.74) is 0. The van der Waals surface area contributed by atoms with Gasteiger partial charge in [0.1, 0.15) is 0 Å². The summed E-state index contributed by atoms with van der Waals surface area (Å²) in [4.78, 5) is 27.1. The number of hydrogen-bond acceptors (Lipinski definition) is 3. The van der Waals surface area contributed by atoms with E-state index in [0.717, 1.165) is 45.4 Å². The van der Waals surface area contributed by atoms with Gasteiger partial charge in [-0.05, 0) is 50.6 Å². The van der Waals surface area contributed by atoms with Crippen molar-refractivity contribution in [2.75, 3.05) is 32.7 Å². The number of aliphatic carboxylic acids is 1. The van der Waals surface area contributed by atoms with Crippen LogP contribution in [0.3, 0.4) is 0 Å². The maximum absolute atomic E-state index is 12.3. The van der Waals surface area contributed by atoms with E-state index in [1.807, 2.05) is 4.90 Å². The lowest BCUT2D eigenvalue weighted by Crippen LogP contribution is -2.46. The van der Waals surface area contributed by atoms with Gasteiger partial charge in [-0.1, -0.05) is 6.92 Å². The Morgan fingerprint density at radius 2 is 1.85 bits per heavy atom. The number of carbonyl (C=O) groups excluding carboxylic acids is 1. The van der Waals surface area contributed by atoms with Gasteiger partial charge in [0.25, 0.3) is 0 Å².